The fraction of sp³-hybridized carbons (Fsp3) is 0.263. The monoisotopic (exact) mass is 342 g/mol. The molecule has 25 heavy (non-hydrogen) atoms. The predicted octanol–water partition coefficient (Wildman–Crippen LogP) is 3.31. The van der Waals surface area contributed by atoms with Gasteiger partial charge < -0.3 is 20.1 Å². The Labute approximate surface area is 147 Å². The quantitative estimate of drug-likeness (QED) is 0.722. The Morgan fingerprint density at radius 2 is 1.64 bits per heavy atom. The van der Waals surface area contributed by atoms with Gasteiger partial charge in [-0.05, 0) is 42.5 Å². The van der Waals surface area contributed by atoms with E-state index in [0.717, 1.165) is 0 Å². The van der Waals surface area contributed by atoms with E-state index < -0.39 is 0 Å². The van der Waals surface area contributed by atoms with Gasteiger partial charge in [-0.1, -0.05) is 13.0 Å². The molecule has 0 spiro atoms. The van der Waals surface area contributed by atoms with E-state index in [9.17, 15) is 9.59 Å². The molecule has 0 saturated carbocycles. The van der Waals surface area contributed by atoms with E-state index in [2.05, 4.69) is 10.6 Å². The van der Waals surface area contributed by atoms with Crippen LogP contribution in [0.5, 0.6) is 5.75 Å². The first-order valence-corrected chi connectivity index (χ1v) is 8.05. The number of carbonyl (C=O) groups excluding carboxylic acids is 2. The van der Waals surface area contributed by atoms with E-state index in [1.165, 1.54) is 0 Å². The van der Waals surface area contributed by atoms with Crippen LogP contribution in [0.2, 0.25) is 0 Å². The normalized spacial score (nSPS) is 10.2. The van der Waals surface area contributed by atoms with Crippen LogP contribution in [0, 0.1) is 0 Å². The molecule has 0 unspecified atom stereocenters. The van der Waals surface area contributed by atoms with Gasteiger partial charge in [-0.25, -0.2) is 0 Å². The highest BCUT2D eigenvalue weighted by atomic mass is 16.5. The minimum Gasteiger partial charge on any atom is -0.491 e. The Bertz CT molecular complexity index is 714. The molecule has 6 heteroatoms. The van der Waals surface area contributed by atoms with Gasteiger partial charge in [-0.2, -0.15) is 0 Å². The standard InChI is InChI=1S/C19H22N2O4/c1-3-18(22)20-15-5-4-6-16(13-15)21-19(23)14-7-9-17(10-8-14)25-12-11-24-2/h4-10,13H,3,11-12H2,1-2H3,(H,20,22)(H,21,23). The lowest BCUT2D eigenvalue weighted by Gasteiger charge is -2.09. The van der Waals surface area contributed by atoms with E-state index in [4.69, 9.17) is 9.47 Å². The van der Waals surface area contributed by atoms with Gasteiger partial charge in [-0.15, -0.1) is 0 Å². The van der Waals surface area contributed by atoms with Crippen molar-refractivity contribution in [3.8, 4) is 5.75 Å². The second-order valence-corrected chi connectivity index (χ2v) is 5.30. The van der Waals surface area contributed by atoms with Crippen LogP contribution in [0.4, 0.5) is 11.4 Å². The van der Waals surface area contributed by atoms with Crippen molar-refractivity contribution in [2.45, 2.75) is 13.3 Å². The van der Waals surface area contributed by atoms with Crippen LogP contribution in [-0.4, -0.2) is 32.1 Å². The topological polar surface area (TPSA) is 76.7 Å². The number of hydrogen-bond acceptors (Lipinski definition) is 4. The molecule has 0 heterocycles. The molecule has 0 atom stereocenters. The Balaban J connectivity index is 1.97. The Hall–Kier alpha value is -2.86. The second kappa shape index (κ2) is 9.44. The summed E-state index contributed by atoms with van der Waals surface area (Å²) < 4.78 is 10.4. The molecule has 2 rings (SSSR count). The van der Waals surface area contributed by atoms with Crippen molar-refractivity contribution >= 4 is 23.2 Å². The third kappa shape index (κ3) is 5.93. The average molecular weight is 342 g/mol. The van der Waals surface area contributed by atoms with Gasteiger partial charge in [0.05, 0.1) is 6.61 Å². The molecule has 0 fully saturated rings. The number of rotatable bonds is 8. The Morgan fingerprint density at radius 1 is 0.960 bits per heavy atom. The lowest BCUT2D eigenvalue weighted by molar-refractivity contribution is -0.115. The van der Waals surface area contributed by atoms with Crippen LogP contribution < -0.4 is 15.4 Å². The summed E-state index contributed by atoms with van der Waals surface area (Å²) in [5.74, 6) is 0.368. The number of benzene rings is 2. The molecule has 2 N–H and O–H groups in total. The third-order valence-corrected chi connectivity index (χ3v) is 3.40. The van der Waals surface area contributed by atoms with Gasteiger partial charge >= 0.3 is 0 Å². The molecule has 0 aliphatic heterocycles. The number of carbonyl (C=O) groups is 2. The third-order valence-electron chi connectivity index (χ3n) is 3.40. The summed E-state index contributed by atoms with van der Waals surface area (Å²) in [4.78, 5) is 23.8. The minimum absolute atomic E-state index is 0.0764. The number of ether oxygens (including phenoxy) is 2. The second-order valence-electron chi connectivity index (χ2n) is 5.30. The smallest absolute Gasteiger partial charge is 0.255 e. The summed E-state index contributed by atoms with van der Waals surface area (Å²) in [6.07, 6.45) is 0.398. The summed E-state index contributed by atoms with van der Waals surface area (Å²) in [5, 5.41) is 5.57. The fourth-order valence-electron chi connectivity index (χ4n) is 2.07. The SMILES string of the molecule is CCC(=O)Nc1cccc(NC(=O)c2ccc(OCCOC)cc2)c1. The van der Waals surface area contributed by atoms with Crippen LogP contribution in [0.3, 0.4) is 0 Å². The van der Waals surface area contributed by atoms with Gasteiger partial charge in [0.15, 0.2) is 0 Å². The largest absolute Gasteiger partial charge is 0.491 e. The molecule has 0 bridgehead atoms. The molecule has 0 aromatic heterocycles. The maximum Gasteiger partial charge on any atom is 0.255 e. The highest BCUT2D eigenvalue weighted by Gasteiger charge is 2.07. The van der Waals surface area contributed by atoms with Gasteiger partial charge in [0.1, 0.15) is 12.4 Å². The van der Waals surface area contributed by atoms with Crippen LogP contribution in [0.1, 0.15) is 23.7 Å². The van der Waals surface area contributed by atoms with Crippen LogP contribution in [0.25, 0.3) is 0 Å². The Morgan fingerprint density at radius 3 is 2.28 bits per heavy atom. The van der Waals surface area contributed by atoms with Crippen molar-refractivity contribution in [2.75, 3.05) is 31.0 Å². The van der Waals surface area contributed by atoms with Crippen molar-refractivity contribution < 1.29 is 19.1 Å². The molecular weight excluding hydrogens is 320 g/mol. The maximum atomic E-state index is 12.3. The molecule has 0 aliphatic carbocycles. The molecule has 2 aromatic carbocycles. The van der Waals surface area contributed by atoms with E-state index in [-0.39, 0.29) is 11.8 Å². The molecule has 132 valence electrons. The fourth-order valence-corrected chi connectivity index (χ4v) is 2.07. The first-order valence-electron chi connectivity index (χ1n) is 8.05. The number of amides is 2. The van der Waals surface area contributed by atoms with Crippen molar-refractivity contribution in [3.05, 3.63) is 54.1 Å². The number of nitrogens with one attached hydrogen (secondary N) is 2. The average Bonchev–Trinajstić information content (AvgIpc) is 2.62. The molecule has 2 amide bonds. The summed E-state index contributed by atoms with van der Waals surface area (Å²) in [6.45, 7) is 2.75. The van der Waals surface area contributed by atoms with Gasteiger partial charge in [0, 0.05) is 30.5 Å². The summed E-state index contributed by atoms with van der Waals surface area (Å²) in [7, 11) is 1.61. The number of hydrogen-bond donors (Lipinski definition) is 2. The van der Waals surface area contributed by atoms with Crippen molar-refractivity contribution in [3.63, 3.8) is 0 Å². The predicted molar refractivity (Wildman–Crippen MR) is 97.1 cm³/mol. The highest BCUT2D eigenvalue weighted by Crippen LogP contribution is 2.17. The first kappa shape index (κ1) is 18.5. The molecule has 0 saturated heterocycles. The minimum atomic E-state index is -0.234. The van der Waals surface area contributed by atoms with Crippen molar-refractivity contribution in [1.82, 2.24) is 0 Å². The molecule has 2 aromatic rings. The van der Waals surface area contributed by atoms with E-state index in [1.807, 2.05) is 0 Å². The van der Waals surface area contributed by atoms with Gasteiger partial charge in [0.25, 0.3) is 5.91 Å². The van der Waals surface area contributed by atoms with E-state index >= 15 is 0 Å². The van der Waals surface area contributed by atoms with E-state index in [0.29, 0.717) is 42.3 Å². The molecule has 0 aliphatic rings. The van der Waals surface area contributed by atoms with Crippen LogP contribution >= 0.6 is 0 Å². The zero-order chi connectivity index (χ0) is 18.1. The summed E-state index contributed by atoms with van der Waals surface area (Å²) >= 11 is 0. The maximum absolute atomic E-state index is 12.3. The van der Waals surface area contributed by atoms with Crippen LogP contribution in [0.15, 0.2) is 48.5 Å². The number of methoxy groups -OCH3 is 1. The molecular formula is C19H22N2O4. The zero-order valence-electron chi connectivity index (χ0n) is 14.4. The van der Waals surface area contributed by atoms with Gasteiger partial charge in [-0.3, -0.25) is 9.59 Å². The Kier molecular flexibility index (Phi) is 6.98. The first-order chi connectivity index (χ1) is 12.1. The van der Waals surface area contributed by atoms with Crippen LogP contribution in [-0.2, 0) is 9.53 Å². The number of anilines is 2. The lowest BCUT2D eigenvalue weighted by Crippen LogP contribution is -2.13. The van der Waals surface area contributed by atoms with E-state index in [1.54, 1.807) is 62.6 Å². The molecule has 0 radical (unpaired) electrons. The van der Waals surface area contributed by atoms with Crippen molar-refractivity contribution in [2.24, 2.45) is 0 Å². The van der Waals surface area contributed by atoms with Crippen molar-refractivity contribution in [1.29, 1.82) is 0 Å². The van der Waals surface area contributed by atoms with Gasteiger partial charge in [0.2, 0.25) is 5.91 Å². The zero-order valence-corrected chi connectivity index (χ0v) is 14.4. The lowest BCUT2D eigenvalue weighted by atomic mass is 10.2. The summed E-state index contributed by atoms with van der Waals surface area (Å²) in [6, 6.07) is 13.9. The summed E-state index contributed by atoms with van der Waals surface area (Å²) in [5.41, 5.74) is 1.77. The highest BCUT2D eigenvalue weighted by molar-refractivity contribution is 6.04. The molecule has 6 nitrogen and oxygen atoms in total.